The molecular weight excluding hydrogens is 507 g/mol. The number of hydrogen-bond acceptors (Lipinski definition) is 3. The topological polar surface area (TPSA) is 66.8 Å². The molecule has 0 fully saturated rings. The molecule has 0 radical (unpaired) electrons. The molecule has 0 aliphatic carbocycles. The summed E-state index contributed by atoms with van der Waals surface area (Å²) in [6.07, 6.45) is 3.59. The van der Waals surface area contributed by atoms with Gasteiger partial charge >= 0.3 is 6.03 Å². The second-order valence-electron chi connectivity index (χ2n) is 9.67. The van der Waals surface area contributed by atoms with E-state index in [4.69, 9.17) is 4.74 Å². The van der Waals surface area contributed by atoms with E-state index in [1.807, 2.05) is 56.4 Å². The molecule has 0 saturated carbocycles. The molecule has 1 unspecified atom stereocenters. The summed E-state index contributed by atoms with van der Waals surface area (Å²) < 4.78 is 21.4. The molecular formula is C32H33FN4O3. The second-order valence-corrected chi connectivity index (χ2v) is 9.67. The maximum atomic E-state index is 14.2. The molecule has 1 N–H and O–H groups in total. The summed E-state index contributed by atoms with van der Waals surface area (Å²) in [5.74, 6) is 0.149. The van der Waals surface area contributed by atoms with Crippen molar-refractivity contribution in [3.8, 4) is 11.4 Å². The van der Waals surface area contributed by atoms with Crippen LogP contribution in [0.3, 0.4) is 0 Å². The van der Waals surface area contributed by atoms with Crippen molar-refractivity contribution in [2.24, 2.45) is 0 Å². The predicted octanol–water partition coefficient (Wildman–Crippen LogP) is 6.79. The minimum atomic E-state index is -0.486. The molecule has 3 aromatic carbocycles. The summed E-state index contributed by atoms with van der Waals surface area (Å²) in [7, 11) is 0. The van der Waals surface area contributed by atoms with Gasteiger partial charge in [-0.25, -0.2) is 9.18 Å². The third-order valence-corrected chi connectivity index (χ3v) is 6.99. The molecule has 5 rings (SSSR count). The summed E-state index contributed by atoms with van der Waals surface area (Å²) >= 11 is 0. The zero-order chi connectivity index (χ0) is 28.1. The van der Waals surface area contributed by atoms with Crippen LogP contribution in [0.4, 0.5) is 20.6 Å². The van der Waals surface area contributed by atoms with Crippen LogP contribution in [0.1, 0.15) is 44.0 Å². The van der Waals surface area contributed by atoms with Gasteiger partial charge in [0.15, 0.2) is 0 Å². The lowest BCUT2D eigenvalue weighted by molar-refractivity contribution is -0.119. The molecule has 0 bridgehead atoms. The van der Waals surface area contributed by atoms with Crippen molar-refractivity contribution in [2.75, 3.05) is 29.9 Å². The Bertz CT molecular complexity index is 1470. The molecule has 1 aromatic heterocycles. The SMILES string of the molecule is CCCCN(CC(=O)N1c2ccccc2-n2cccc2C1c1ccc(F)cc1)C(=O)Nc1ccc(OCC)cc1. The van der Waals surface area contributed by atoms with E-state index in [-0.39, 0.29) is 24.3 Å². The number of anilines is 2. The number of fused-ring (bicyclic) bond motifs is 3. The molecule has 3 amide bonds. The first-order valence-corrected chi connectivity index (χ1v) is 13.6. The number of nitrogens with one attached hydrogen (secondary N) is 1. The van der Waals surface area contributed by atoms with Gasteiger partial charge in [-0.2, -0.15) is 0 Å². The predicted molar refractivity (Wildman–Crippen MR) is 155 cm³/mol. The average molecular weight is 541 g/mol. The van der Waals surface area contributed by atoms with Crippen molar-refractivity contribution in [1.82, 2.24) is 9.47 Å². The normalized spacial score (nSPS) is 13.8. The molecule has 1 atom stereocenters. The van der Waals surface area contributed by atoms with E-state index in [9.17, 15) is 14.0 Å². The van der Waals surface area contributed by atoms with Crippen LogP contribution in [-0.2, 0) is 4.79 Å². The number of carbonyl (C=O) groups excluding carboxylic acids is 2. The minimum Gasteiger partial charge on any atom is -0.494 e. The van der Waals surface area contributed by atoms with Crippen LogP contribution in [0.5, 0.6) is 5.75 Å². The molecule has 4 aromatic rings. The summed E-state index contributed by atoms with van der Waals surface area (Å²) in [6.45, 7) is 4.83. The Hall–Kier alpha value is -4.59. The fraction of sp³-hybridized carbons (Fsp3) is 0.250. The summed E-state index contributed by atoms with van der Waals surface area (Å²) in [4.78, 5) is 30.9. The lowest BCUT2D eigenvalue weighted by atomic mass is 9.97. The highest BCUT2D eigenvalue weighted by molar-refractivity contribution is 6.01. The Morgan fingerprint density at radius 3 is 2.35 bits per heavy atom. The monoisotopic (exact) mass is 540 g/mol. The molecule has 1 aliphatic heterocycles. The first-order chi connectivity index (χ1) is 19.5. The number of halogens is 1. The number of urea groups is 1. The maximum Gasteiger partial charge on any atom is 0.322 e. The standard InChI is InChI=1S/C32H33FN4O3/c1-3-5-20-35(32(39)34-25-16-18-26(19-17-25)40-4-2)22-30(38)37-28-10-7-6-9-27(28)36-21-8-11-29(36)31(37)23-12-14-24(33)15-13-23/h6-19,21,31H,3-5,20,22H2,1-2H3,(H,34,39). The van der Waals surface area contributed by atoms with Gasteiger partial charge in [0.05, 0.1) is 23.7 Å². The van der Waals surface area contributed by atoms with Gasteiger partial charge in [-0.3, -0.25) is 9.69 Å². The smallest absolute Gasteiger partial charge is 0.322 e. The third kappa shape index (κ3) is 5.57. The van der Waals surface area contributed by atoms with Crippen LogP contribution in [0.25, 0.3) is 5.69 Å². The Kier molecular flexibility index (Phi) is 8.15. The van der Waals surface area contributed by atoms with E-state index >= 15 is 0 Å². The number of amides is 3. The largest absolute Gasteiger partial charge is 0.494 e. The molecule has 40 heavy (non-hydrogen) atoms. The fourth-order valence-corrected chi connectivity index (χ4v) is 5.07. The van der Waals surface area contributed by atoms with Crippen molar-refractivity contribution in [2.45, 2.75) is 32.7 Å². The van der Waals surface area contributed by atoms with Crippen molar-refractivity contribution in [3.63, 3.8) is 0 Å². The van der Waals surface area contributed by atoms with Gasteiger partial charge in [0, 0.05) is 18.4 Å². The van der Waals surface area contributed by atoms with Gasteiger partial charge in [-0.05, 0) is 79.6 Å². The third-order valence-electron chi connectivity index (χ3n) is 6.99. The number of hydrogen-bond donors (Lipinski definition) is 1. The number of para-hydroxylation sites is 2. The number of nitrogens with zero attached hydrogens (tertiary/aromatic N) is 3. The van der Waals surface area contributed by atoms with Crippen LogP contribution >= 0.6 is 0 Å². The molecule has 1 aliphatic rings. The van der Waals surface area contributed by atoms with Gasteiger partial charge in [-0.1, -0.05) is 37.6 Å². The average Bonchev–Trinajstić information content (AvgIpc) is 3.46. The summed E-state index contributed by atoms with van der Waals surface area (Å²) in [6, 6.07) is 24.2. The highest BCUT2D eigenvalue weighted by Crippen LogP contribution is 2.42. The van der Waals surface area contributed by atoms with Crippen molar-refractivity contribution in [1.29, 1.82) is 0 Å². The number of ether oxygens (including phenoxy) is 1. The van der Waals surface area contributed by atoms with Gasteiger partial charge in [-0.15, -0.1) is 0 Å². The van der Waals surface area contributed by atoms with Gasteiger partial charge in [0.1, 0.15) is 24.2 Å². The number of carbonyl (C=O) groups is 2. The highest BCUT2D eigenvalue weighted by Gasteiger charge is 2.37. The number of unbranched alkanes of at least 4 members (excludes halogenated alkanes) is 1. The van der Waals surface area contributed by atoms with Crippen molar-refractivity contribution in [3.05, 3.63) is 108 Å². The molecule has 0 spiro atoms. The Labute approximate surface area is 233 Å². The van der Waals surface area contributed by atoms with E-state index in [2.05, 4.69) is 9.88 Å². The summed E-state index contributed by atoms with van der Waals surface area (Å²) in [5.41, 5.74) is 3.88. The van der Waals surface area contributed by atoms with Crippen molar-refractivity contribution < 1.29 is 18.7 Å². The van der Waals surface area contributed by atoms with E-state index in [0.717, 1.165) is 41.2 Å². The first-order valence-electron chi connectivity index (χ1n) is 13.6. The van der Waals surface area contributed by atoms with E-state index in [1.54, 1.807) is 46.2 Å². The maximum absolute atomic E-state index is 14.2. The van der Waals surface area contributed by atoms with Gasteiger partial charge < -0.3 is 19.5 Å². The Morgan fingerprint density at radius 1 is 0.925 bits per heavy atom. The molecule has 206 valence electrons. The zero-order valence-corrected chi connectivity index (χ0v) is 22.7. The van der Waals surface area contributed by atoms with E-state index in [1.165, 1.54) is 12.1 Å². The quantitative estimate of drug-likeness (QED) is 0.254. The molecule has 2 heterocycles. The van der Waals surface area contributed by atoms with Crippen LogP contribution in [0.2, 0.25) is 0 Å². The van der Waals surface area contributed by atoms with Crippen LogP contribution < -0.4 is 15.0 Å². The number of aromatic nitrogens is 1. The lowest BCUT2D eigenvalue weighted by Gasteiger charge is -2.39. The van der Waals surface area contributed by atoms with Crippen LogP contribution in [0.15, 0.2) is 91.1 Å². The molecule has 0 saturated heterocycles. The highest BCUT2D eigenvalue weighted by atomic mass is 19.1. The fourth-order valence-electron chi connectivity index (χ4n) is 5.07. The van der Waals surface area contributed by atoms with Crippen molar-refractivity contribution >= 4 is 23.3 Å². The first kappa shape index (κ1) is 27.0. The molecule has 8 heteroatoms. The Morgan fingerprint density at radius 2 is 1.65 bits per heavy atom. The number of benzene rings is 3. The number of rotatable bonds is 9. The van der Waals surface area contributed by atoms with E-state index < -0.39 is 6.04 Å². The second kappa shape index (κ2) is 12.1. The zero-order valence-electron chi connectivity index (χ0n) is 22.7. The Balaban J connectivity index is 1.46. The van der Waals surface area contributed by atoms with E-state index in [0.29, 0.717) is 18.8 Å². The molecule has 7 nitrogen and oxygen atoms in total. The van der Waals surface area contributed by atoms with Gasteiger partial charge in [0.25, 0.3) is 0 Å². The summed E-state index contributed by atoms with van der Waals surface area (Å²) in [5, 5.41) is 2.92. The van der Waals surface area contributed by atoms with Crippen LogP contribution in [-0.4, -0.2) is 41.1 Å². The minimum absolute atomic E-state index is 0.115. The lowest BCUT2D eigenvalue weighted by Crippen LogP contribution is -2.48. The van der Waals surface area contributed by atoms with Crippen LogP contribution in [0, 0.1) is 5.82 Å². The van der Waals surface area contributed by atoms with Gasteiger partial charge in [0.2, 0.25) is 5.91 Å².